The van der Waals surface area contributed by atoms with Gasteiger partial charge in [-0.3, -0.25) is 4.79 Å². The summed E-state index contributed by atoms with van der Waals surface area (Å²) in [6.07, 6.45) is 9.25. The van der Waals surface area contributed by atoms with Crippen molar-refractivity contribution in [1.82, 2.24) is 9.97 Å². The van der Waals surface area contributed by atoms with Crippen molar-refractivity contribution in [2.24, 2.45) is 0 Å². The number of rotatable bonds is 4. The molecule has 36 heavy (non-hydrogen) atoms. The molecule has 2 N–H and O–H groups in total. The Morgan fingerprint density at radius 1 is 1.00 bits per heavy atom. The van der Waals surface area contributed by atoms with Gasteiger partial charge >= 0.3 is 0 Å². The van der Waals surface area contributed by atoms with E-state index >= 15 is 0 Å². The fourth-order valence-corrected chi connectivity index (χ4v) is 6.09. The Labute approximate surface area is 214 Å². The molecule has 5 nitrogen and oxygen atoms in total. The van der Waals surface area contributed by atoms with Gasteiger partial charge in [-0.15, -0.1) is 11.8 Å². The van der Waals surface area contributed by atoms with Crippen LogP contribution in [0.3, 0.4) is 0 Å². The molecule has 6 heteroatoms. The van der Waals surface area contributed by atoms with Crippen molar-refractivity contribution in [2.75, 3.05) is 10.6 Å². The summed E-state index contributed by atoms with van der Waals surface area (Å²) >= 11 is 1.95. The van der Waals surface area contributed by atoms with E-state index in [2.05, 4.69) is 62.8 Å². The quantitative estimate of drug-likeness (QED) is 0.325. The number of nitrogens with zero attached hydrogens (tertiary/aromatic N) is 2. The molecule has 2 aliphatic carbocycles. The molecule has 0 bridgehead atoms. The molecule has 7 rings (SSSR count). The Bertz CT molecular complexity index is 1580. The van der Waals surface area contributed by atoms with E-state index in [0.717, 1.165) is 63.6 Å². The fraction of sp³-hybridized carbons (Fsp3) is 0.233. The maximum Gasteiger partial charge on any atom is 0.235 e. The minimum absolute atomic E-state index is 0.133. The van der Waals surface area contributed by atoms with Crippen molar-refractivity contribution in [1.29, 1.82) is 0 Å². The highest BCUT2D eigenvalue weighted by Gasteiger charge is 2.50. The number of thioether (sulfide) groups is 1. The van der Waals surface area contributed by atoms with Gasteiger partial charge in [0.25, 0.3) is 0 Å². The molecule has 2 aromatic heterocycles. The minimum Gasteiger partial charge on any atom is -0.340 e. The number of fused-ring (bicyclic) bond motifs is 3. The van der Waals surface area contributed by atoms with E-state index in [1.54, 1.807) is 6.20 Å². The van der Waals surface area contributed by atoms with Gasteiger partial charge in [0.05, 0.1) is 5.41 Å². The summed E-state index contributed by atoms with van der Waals surface area (Å²) in [5, 5.41) is 9.21. The maximum atomic E-state index is 12.5. The highest BCUT2D eigenvalue weighted by Crippen LogP contribution is 2.51. The molecule has 1 spiro atoms. The van der Waals surface area contributed by atoms with Crippen LogP contribution in [0.1, 0.15) is 48.9 Å². The number of benzene rings is 2. The van der Waals surface area contributed by atoms with Crippen LogP contribution in [0.25, 0.3) is 10.8 Å². The van der Waals surface area contributed by atoms with E-state index < -0.39 is 0 Å². The number of anilines is 3. The second kappa shape index (κ2) is 8.39. The van der Waals surface area contributed by atoms with E-state index in [4.69, 9.17) is 0 Å². The zero-order valence-electron chi connectivity index (χ0n) is 19.7. The van der Waals surface area contributed by atoms with E-state index in [1.807, 2.05) is 42.2 Å². The van der Waals surface area contributed by atoms with Gasteiger partial charge in [-0.2, -0.15) is 0 Å². The third kappa shape index (κ3) is 3.81. The van der Waals surface area contributed by atoms with Crippen LogP contribution in [0.2, 0.25) is 0 Å². The summed E-state index contributed by atoms with van der Waals surface area (Å²) < 4.78 is 0. The third-order valence-electron chi connectivity index (χ3n) is 7.35. The second-order valence-electron chi connectivity index (χ2n) is 9.82. The Hall–Kier alpha value is -3.82. The van der Waals surface area contributed by atoms with Gasteiger partial charge in [0.1, 0.15) is 11.5 Å². The summed E-state index contributed by atoms with van der Waals surface area (Å²) in [6, 6.07) is 18.5. The highest BCUT2D eigenvalue weighted by molar-refractivity contribution is 8.00. The molecule has 0 radical (unpaired) electrons. The number of carbonyl (C=O) groups is 1. The van der Waals surface area contributed by atoms with E-state index in [-0.39, 0.29) is 11.3 Å². The van der Waals surface area contributed by atoms with Crippen molar-refractivity contribution < 1.29 is 4.79 Å². The highest BCUT2D eigenvalue weighted by atomic mass is 32.2. The van der Waals surface area contributed by atoms with Crippen molar-refractivity contribution in [3.8, 4) is 11.8 Å². The van der Waals surface area contributed by atoms with Crippen LogP contribution < -0.4 is 10.6 Å². The number of carbonyl (C=O) groups excluding carboxylic acids is 1. The van der Waals surface area contributed by atoms with Crippen molar-refractivity contribution in [3.05, 3.63) is 83.8 Å². The molecule has 1 aliphatic heterocycles. The van der Waals surface area contributed by atoms with Crippen LogP contribution in [0.4, 0.5) is 17.2 Å². The monoisotopic (exact) mass is 488 g/mol. The van der Waals surface area contributed by atoms with Gasteiger partial charge < -0.3 is 10.6 Å². The van der Waals surface area contributed by atoms with Crippen LogP contribution >= 0.6 is 11.8 Å². The molecular formula is C30H24N4OS. The summed E-state index contributed by atoms with van der Waals surface area (Å²) in [6.45, 7) is 0. The predicted octanol–water partition coefficient (Wildman–Crippen LogP) is 6.40. The molecule has 4 aromatic rings. The molecule has 0 unspecified atom stereocenters. The standard InChI is InChI=1S/C30H24N4OS/c35-29-30(13-1-14-30)25-10-2-19(16-27(25)34-29)3-11-26-24-17-28(32-18-20(24)12-15-31-26)33-21-4-6-22(7-5-21)36-23-8-9-23/h2,4-7,10,12,15-18,23H,1,8-9,13-14H2,(H,32,33)(H,34,35). The van der Waals surface area contributed by atoms with E-state index in [9.17, 15) is 4.79 Å². The first-order valence-electron chi connectivity index (χ1n) is 12.4. The molecule has 176 valence electrons. The smallest absolute Gasteiger partial charge is 0.235 e. The van der Waals surface area contributed by atoms with Gasteiger partial charge in [0.2, 0.25) is 5.91 Å². The first kappa shape index (κ1) is 21.5. The lowest BCUT2D eigenvalue weighted by atomic mass is 9.65. The van der Waals surface area contributed by atoms with E-state index in [1.165, 1.54) is 17.7 Å². The number of hydrogen-bond donors (Lipinski definition) is 2. The van der Waals surface area contributed by atoms with Crippen LogP contribution in [-0.2, 0) is 10.2 Å². The minimum atomic E-state index is -0.300. The van der Waals surface area contributed by atoms with Crippen molar-refractivity contribution in [2.45, 2.75) is 47.7 Å². The predicted molar refractivity (Wildman–Crippen MR) is 145 cm³/mol. The Morgan fingerprint density at radius 3 is 2.64 bits per heavy atom. The lowest BCUT2D eigenvalue weighted by Crippen LogP contribution is -2.40. The fourth-order valence-electron chi connectivity index (χ4n) is 5.04. The van der Waals surface area contributed by atoms with Crippen LogP contribution in [0, 0.1) is 11.8 Å². The topological polar surface area (TPSA) is 66.9 Å². The largest absolute Gasteiger partial charge is 0.340 e. The molecule has 2 saturated carbocycles. The van der Waals surface area contributed by atoms with Gasteiger partial charge in [-0.05, 0) is 85.7 Å². The Morgan fingerprint density at radius 2 is 1.86 bits per heavy atom. The molecule has 1 amide bonds. The normalized spacial score (nSPS) is 17.2. The number of hydrogen-bond acceptors (Lipinski definition) is 5. The second-order valence-corrected chi connectivity index (χ2v) is 11.2. The zero-order valence-corrected chi connectivity index (χ0v) is 20.5. The SMILES string of the molecule is O=C1Nc2cc(C#Cc3nccc4cnc(Nc5ccc(SC6CC6)cc5)cc34)ccc2C12CCC2. The molecule has 2 aromatic carbocycles. The number of pyridine rings is 2. The lowest BCUT2D eigenvalue weighted by Gasteiger charge is -2.36. The lowest BCUT2D eigenvalue weighted by molar-refractivity contribution is -0.123. The molecular weight excluding hydrogens is 464 g/mol. The summed E-state index contributed by atoms with van der Waals surface area (Å²) in [7, 11) is 0. The van der Waals surface area contributed by atoms with Crippen molar-refractivity contribution in [3.63, 3.8) is 0 Å². The van der Waals surface area contributed by atoms with Crippen molar-refractivity contribution >= 4 is 45.6 Å². The number of aromatic nitrogens is 2. The first-order valence-corrected chi connectivity index (χ1v) is 13.3. The molecule has 0 atom stereocenters. The molecule has 3 aliphatic rings. The van der Waals surface area contributed by atoms with Crippen LogP contribution in [0.5, 0.6) is 0 Å². The van der Waals surface area contributed by atoms with Crippen LogP contribution in [0.15, 0.2) is 71.9 Å². The third-order valence-corrected chi connectivity index (χ3v) is 8.70. The average Bonchev–Trinajstić information content (AvgIpc) is 3.63. The number of amides is 1. The average molecular weight is 489 g/mol. The summed E-state index contributed by atoms with van der Waals surface area (Å²) in [4.78, 5) is 23.0. The van der Waals surface area contributed by atoms with Gasteiger partial charge in [0.15, 0.2) is 0 Å². The van der Waals surface area contributed by atoms with Gasteiger partial charge in [-0.1, -0.05) is 18.4 Å². The Balaban J connectivity index is 1.15. The summed E-state index contributed by atoms with van der Waals surface area (Å²) in [5.41, 5.74) is 4.28. The Kier molecular flexibility index (Phi) is 5.00. The van der Waals surface area contributed by atoms with E-state index in [0.29, 0.717) is 5.69 Å². The van der Waals surface area contributed by atoms with Crippen LogP contribution in [-0.4, -0.2) is 21.1 Å². The maximum absolute atomic E-state index is 12.5. The number of nitrogens with one attached hydrogen (secondary N) is 2. The molecule has 2 fully saturated rings. The molecule has 3 heterocycles. The van der Waals surface area contributed by atoms with Gasteiger partial charge in [-0.25, -0.2) is 9.97 Å². The first-order chi connectivity index (χ1) is 17.7. The zero-order chi connectivity index (χ0) is 24.1. The van der Waals surface area contributed by atoms with Gasteiger partial charge in [0, 0.05) is 50.2 Å². The summed E-state index contributed by atoms with van der Waals surface area (Å²) in [5.74, 6) is 7.39. The molecule has 0 saturated heterocycles.